The third-order valence-corrected chi connectivity index (χ3v) is 7.15. The second kappa shape index (κ2) is 9.08. The summed E-state index contributed by atoms with van der Waals surface area (Å²) >= 11 is 0. The molecular weight excluding hydrogens is 480 g/mol. The lowest BCUT2D eigenvalue weighted by Crippen LogP contribution is -2.15. The summed E-state index contributed by atoms with van der Waals surface area (Å²) < 4.78 is 56.9. The molecule has 0 unspecified atom stereocenters. The van der Waals surface area contributed by atoms with Gasteiger partial charge in [0.1, 0.15) is 0 Å². The van der Waals surface area contributed by atoms with E-state index in [0.717, 1.165) is 6.26 Å². The Bertz CT molecular complexity index is 1570. The van der Waals surface area contributed by atoms with E-state index in [1.807, 2.05) is 0 Å². The summed E-state index contributed by atoms with van der Waals surface area (Å²) in [4.78, 5) is 12.8. The summed E-state index contributed by atoms with van der Waals surface area (Å²) in [7, 11) is -7.38. The van der Waals surface area contributed by atoms with Gasteiger partial charge in [-0.15, -0.1) is 5.10 Å². The molecule has 0 saturated heterocycles. The van der Waals surface area contributed by atoms with Crippen LogP contribution in [0.1, 0.15) is 10.4 Å². The Morgan fingerprint density at radius 3 is 2.29 bits per heavy atom. The van der Waals surface area contributed by atoms with Crippen LogP contribution < -0.4 is 10.0 Å². The Hall–Kier alpha value is -4.03. The highest BCUT2D eigenvalue weighted by Gasteiger charge is 2.20. The van der Waals surface area contributed by atoms with Gasteiger partial charge in [-0.05, 0) is 42.5 Å². The monoisotopic (exact) mass is 498 g/mol. The number of rotatable bonds is 7. The number of aromatic nitrogens is 2. The van der Waals surface area contributed by atoms with Gasteiger partial charge < -0.3 is 4.42 Å². The first-order valence-corrected chi connectivity index (χ1v) is 13.1. The predicted octanol–water partition coefficient (Wildman–Crippen LogP) is 3.19. The van der Waals surface area contributed by atoms with Gasteiger partial charge in [-0.2, -0.15) is 0 Å². The van der Waals surface area contributed by atoms with Crippen LogP contribution in [0.3, 0.4) is 0 Å². The van der Waals surface area contributed by atoms with Crippen LogP contribution in [0.4, 0.5) is 11.7 Å². The number of amides is 1. The van der Waals surface area contributed by atoms with E-state index in [-0.39, 0.29) is 38.5 Å². The smallest absolute Gasteiger partial charge is 0.322 e. The van der Waals surface area contributed by atoms with Crippen molar-refractivity contribution < 1.29 is 26.0 Å². The largest absolute Gasteiger partial charge is 0.403 e. The number of sulfone groups is 1. The highest BCUT2D eigenvalue weighted by atomic mass is 32.2. The van der Waals surface area contributed by atoms with E-state index >= 15 is 0 Å². The molecule has 4 aromatic rings. The van der Waals surface area contributed by atoms with Crippen LogP contribution in [0.15, 0.2) is 93.1 Å². The maximum atomic E-state index is 12.7. The second-order valence-corrected chi connectivity index (χ2v) is 10.8. The number of nitrogens with zero attached hydrogens (tertiary/aromatic N) is 2. The fourth-order valence-electron chi connectivity index (χ4n) is 3.06. The Labute approximate surface area is 195 Å². The van der Waals surface area contributed by atoms with Gasteiger partial charge in [-0.25, -0.2) is 16.8 Å². The van der Waals surface area contributed by atoms with Gasteiger partial charge >= 0.3 is 6.01 Å². The number of nitrogens with one attached hydrogen (secondary N) is 2. The van der Waals surface area contributed by atoms with Gasteiger partial charge in [0.25, 0.3) is 21.8 Å². The van der Waals surface area contributed by atoms with E-state index in [1.54, 1.807) is 30.3 Å². The fourth-order valence-corrected chi connectivity index (χ4v) is 5.01. The topological polar surface area (TPSA) is 148 Å². The summed E-state index contributed by atoms with van der Waals surface area (Å²) in [6, 6.07) is 19.5. The van der Waals surface area contributed by atoms with Crippen molar-refractivity contribution in [2.75, 3.05) is 16.3 Å². The van der Waals surface area contributed by atoms with Crippen molar-refractivity contribution in [1.82, 2.24) is 10.2 Å². The maximum Gasteiger partial charge on any atom is 0.322 e. The van der Waals surface area contributed by atoms with Gasteiger partial charge in [0, 0.05) is 17.5 Å². The molecule has 3 aromatic carbocycles. The zero-order valence-electron chi connectivity index (χ0n) is 17.7. The molecule has 1 heterocycles. The lowest BCUT2D eigenvalue weighted by molar-refractivity contribution is 0.102. The van der Waals surface area contributed by atoms with Gasteiger partial charge in [0.05, 0.1) is 15.4 Å². The van der Waals surface area contributed by atoms with Gasteiger partial charge in [-0.3, -0.25) is 14.8 Å². The predicted molar refractivity (Wildman–Crippen MR) is 124 cm³/mol. The molecule has 0 saturated carbocycles. The van der Waals surface area contributed by atoms with Crippen molar-refractivity contribution in [3.8, 4) is 11.5 Å². The standard InChI is InChI=1S/C22H18N4O6S2/c1-33(28,29)19-13-6-5-12-18(19)21-24-25-22(32-21)23-20(27)15-8-7-9-16(14-15)26-34(30,31)17-10-3-2-4-11-17/h2-14,26H,1H3,(H,23,25,27). The molecule has 0 bridgehead atoms. The van der Waals surface area contributed by atoms with E-state index in [1.165, 1.54) is 48.5 Å². The maximum absolute atomic E-state index is 12.7. The molecule has 1 amide bonds. The molecule has 0 fully saturated rings. The molecule has 0 aliphatic rings. The molecule has 0 radical (unpaired) electrons. The number of carbonyl (C=O) groups excluding carboxylic acids is 1. The molecule has 0 aliphatic carbocycles. The van der Waals surface area contributed by atoms with Crippen LogP contribution in [-0.2, 0) is 19.9 Å². The number of anilines is 2. The molecular formula is C22H18N4O6S2. The first-order valence-electron chi connectivity index (χ1n) is 9.76. The van der Waals surface area contributed by atoms with E-state index < -0.39 is 25.8 Å². The first-order chi connectivity index (χ1) is 16.1. The zero-order chi connectivity index (χ0) is 24.3. The molecule has 12 heteroatoms. The van der Waals surface area contributed by atoms with Gasteiger partial charge in [-0.1, -0.05) is 41.5 Å². The molecule has 34 heavy (non-hydrogen) atoms. The molecule has 10 nitrogen and oxygen atoms in total. The second-order valence-electron chi connectivity index (χ2n) is 7.13. The van der Waals surface area contributed by atoms with Crippen LogP contribution in [0.2, 0.25) is 0 Å². The van der Waals surface area contributed by atoms with Crippen LogP contribution in [0.25, 0.3) is 11.5 Å². The lowest BCUT2D eigenvalue weighted by Gasteiger charge is -2.09. The number of benzene rings is 3. The molecule has 1 aromatic heterocycles. The average molecular weight is 499 g/mol. The zero-order valence-corrected chi connectivity index (χ0v) is 19.3. The normalized spacial score (nSPS) is 11.7. The molecule has 174 valence electrons. The molecule has 0 spiro atoms. The summed E-state index contributed by atoms with van der Waals surface area (Å²) in [6.45, 7) is 0. The van der Waals surface area contributed by atoms with Crippen molar-refractivity contribution in [2.45, 2.75) is 9.79 Å². The quantitative estimate of drug-likeness (QED) is 0.395. The SMILES string of the molecule is CS(=O)(=O)c1ccccc1-c1nnc(NC(=O)c2cccc(NS(=O)(=O)c3ccccc3)c2)o1. The van der Waals surface area contributed by atoms with E-state index in [9.17, 15) is 21.6 Å². The van der Waals surface area contributed by atoms with Crippen molar-refractivity contribution in [3.05, 3.63) is 84.4 Å². The van der Waals surface area contributed by atoms with Crippen molar-refractivity contribution in [3.63, 3.8) is 0 Å². The Morgan fingerprint density at radius 1 is 0.853 bits per heavy atom. The van der Waals surface area contributed by atoms with Gasteiger partial charge in [0.2, 0.25) is 0 Å². The molecule has 0 aliphatic heterocycles. The minimum atomic E-state index is -3.83. The van der Waals surface area contributed by atoms with Crippen molar-refractivity contribution >= 4 is 37.5 Å². The first kappa shape index (κ1) is 23.1. The number of hydrogen-bond acceptors (Lipinski definition) is 8. The average Bonchev–Trinajstić information content (AvgIpc) is 3.27. The Morgan fingerprint density at radius 2 is 1.56 bits per heavy atom. The van der Waals surface area contributed by atoms with E-state index in [4.69, 9.17) is 4.42 Å². The fraction of sp³-hybridized carbons (Fsp3) is 0.0455. The lowest BCUT2D eigenvalue weighted by atomic mass is 10.2. The number of hydrogen-bond donors (Lipinski definition) is 2. The molecule has 2 N–H and O–H groups in total. The third-order valence-electron chi connectivity index (χ3n) is 4.59. The van der Waals surface area contributed by atoms with Crippen LogP contribution in [-0.4, -0.2) is 39.2 Å². The Kier molecular flexibility index (Phi) is 6.18. The van der Waals surface area contributed by atoms with Crippen LogP contribution >= 0.6 is 0 Å². The van der Waals surface area contributed by atoms with Gasteiger partial charge in [0.15, 0.2) is 9.84 Å². The van der Waals surface area contributed by atoms with Crippen molar-refractivity contribution in [2.24, 2.45) is 0 Å². The summed E-state index contributed by atoms with van der Waals surface area (Å²) in [5.74, 6) is -0.715. The van der Waals surface area contributed by atoms with Crippen LogP contribution in [0, 0.1) is 0 Å². The molecule has 0 atom stereocenters. The van der Waals surface area contributed by atoms with Crippen molar-refractivity contribution in [1.29, 1.82) is 0 Å². The summed E-state index contributed by atoms with van der Waals surface area (Å²) in [5.41, 5.74) is 0.518. The van der Waals surface area contributed by atoms with E-state index in [0.29, 0.717) is 0 Å². The minimum Gasteiger partial charge on any atom is -0.403 e. The third kappa shape index (κ3) is 5.13. The van der Waals surface area contributed by atoms with Crippen LogP contribution in [0.5, 0.6) is 0 Å². The Balaban J connectivity index is 1.53. The highest BCUT2D eigenvalue weighted by Crippen LogP contribution is 2.27. The highest BCUT2D eigenvalue weighted by molar-refractivity contribution is 7.92. The number of carbonyl (C=O) groups is 1. The minimum absolute atomic E-state index is 0.00919. The number of sulfonamides is 1. The summed E-state index contributed by atoms with van der Waals surface area (Å²) in [5, 5.41) is 9.99. The van der Waals surface area contributed by atoms with E-state index in [2.05, 4.69) is 20.2 Å². The molecule has 4 rings (SSSR count). The summed E-state index contributed by atoms with van der Waals surface area (Å²) in [6.07, 6.45) is 1.06.